The maximum atomic E-state index is 14.6. The quantitative estimate of drug-likeness (QED) is 0.0714. The summed E-state index contributed by atoms with van der Waals surface area (Å²) in [5, 5.41) is 24.6. The number of rotatable bonds is 18. The van der Waals surface area contributed by atoms with Gasteiger partial charge in [0.2, 0.25) is 47.3 Å². The fourth-order valence-corrected chi connectivity index (χ4v) is 12.0. The minimum atomic E-state index is -1.10. The standard InChI is InChI=1S/C66H88N12O10/c1-39(67-9)57(81)73-55(65(3,4)5)63(87)77-31-29-75(37-51(77)61(85)71-49-23-15-19-41-17-11-13-21-47(41)49)53(79)35-69-59(83)45-27-25-44-34-46(28-26-43(44)33-45)60(84)70-36-54(80)76-30-32-78(64(88)56(66(6,7)8)74-58(82)40(2)68-10)52(38-76)62(86)72-50-24-16-20-42-18-12-14-22-48(42)50/h11-14,17-18,21-22,25-28,33-34,39-40,49-52,55-56,67-68H,15-16,19-20,23-24,29-32,35-38H2,1-10H3,(H,69,83)(H,70,84)(H,71,85)(H,72,86)(H,73,81)(H,74,82)/t39-,40-,49+,50+,51-,52-,55+,56+/m0/s1. The predicted molar refractivity (Wildman–Crippen MR) is 333 cm³/mol. The van der Waals surface area contributed by atoms with Gasteiger partial charge >= 0.3 is 0 Å². The van der Waals surface area contributed by atoms with Crippen LogP contribution in [0.4, 0.5) is 0 Å². The molecule has 10 amide bonds. The highest BCUT2D eigenvalue weighted by molar-refractivity contribution is 6.04. The second kappa shape index (κ2) is 28.3. The fourth-order valence-electron chi connectivity index (χ4n) is 12.0. The third-order valence-electron chi connectivity index (χ3n) is 17.6. The van der Waals surface area contributed by atoms with Crippen LogP contribution in [0.25, 0.3) is 10.8 Å². The molecule has 472 valence electrons. The Bertz CT molecular complexity index is 3090. The molecule has 0 unspecified atom stereocenters. The smallest absolute Gasteiger partial charge is 0.251 e. The summed E-state index contributed by atoms with van der Waals surface area (Å²) in [5.74, 6) is -4.52. The topological polar surface area (TPSA) is 280 Å². The average molecular weight is 1210 g/mol. The Morgan fingerprint density at radius 2 is 0.886 bits per heavy atom. The fraction of sp³-hybridized carbons (Fsp3) is 0.515. The van der Waals surface area contributed by atoms with Crippen molar-refractivity contribution in [1.82, 2.24) is 62.1 Å². The molecule has 8 atom stereocenters. The summed E-state index contributed by atoms with van der Waals surface area (Å²) in [4.78, 5) is 146. The molecule has 22 nitrogen and oxygen atoms in total. The van der Waals surface area contributed by atoms with E-state index in [9.17, 15) is 47.9 Å². The van der Waals surface area contributed by atoms with Crippen molar-refractivity contribution in [3.8, 4) is 0 Å². The molecule has 0 radical (unpaired) electrons. The Hall–Kier alpha value is -8.24. The number of benzene rings is 4. The van der Waals surface area contributed by atoms with Gasteiger partial charge in [0.1, 0.15) is 24.2 Å². The van der Waals surface area contributed by atoms with Crippen LogP contribution in [0.2, 0.25) is 0 Å². The van der Waals surface area contributed by atoms with Crippen LogP contribution < -0.4 is 42.5 Å². The van der Waals surface area contributed by atoms with Gasteiger partial charge in [0.25, 0.3) is 11.8 Å². The third kappa shape index (κ3) is 15.5. The first-order chi connectivity index (χ1) is 41.8. The molecule has 2 heterocycles. The van der Waals surface area contributed by atoms with Gasteiger partial charge in [-0.05, 0) is 135 Å². The predicted octanol–water partition coefficient (Wildman–Crippen LogP) is 3.04. The number of amides is 10. The molecule has 4 aromatic rings. The van der Waals surface area contributed by atoms with Crippen molar-refractivity contribution in [3.63, 3.8) is 0 Å². The van der Waals surface area contributed by atoms with Crippen LogP contribution in [0, 0.1) is 10.8 Å². The second-order valence-corrected chi connectivity index (χ2v) is 25.9. The molecule has 2 aliphatic heterocycles. The molecule has 2 saturated heterocycles. The number of fused-ring (bicyclic) bond motifs is 3. The molecule has 8 N–H and O–H groups in total. The monoisotopic (exact) mass is 1210 g/mol. The minimum Gasteiger partial charge on any atom is -0.347 e. The highest BCUT2D eigenvalue weighted by Crippen LogP contribution is 2.33. The molecule has 0 aromatic heterocycles. The van der Waals surface area contributed by atoms with Gasteiger partial charge in [-0.2, -0.15) is 0 Å². The maximum Gasteiger partial charge on any atom is 0.251 e. The zero-order valence-electron chi connectivity index (χ0n) is 52.5. The van der Waals surface area contributed by atoms with Crippen molar-refractivity contribution >= 4 is 69.8 Å². The lowest BCUT2D eigenvalue weighted by Gasteiger charge is -2.44. The normalized spacial score (nSPS) is 20.0. The van der Waals surface area contributed by atoms with Crippen LogP contribution in [-0.4, -0.2) is 181 Å². The van der Waals surface area contributed by atoms with Gasteiger partial charge in [-0.1, -0.05) is 102 Å². The van der Waals surface area contributed by atoms with Crippen LogP contribution in [0.5, 0.6) is 0 Å². The van der Waals surface area contributed by atoms with E-state index < -0.39 is 107 Å². The second-order valence-electron chi connectivity index (χ2n) is 25.9. The van der Waals surface area contributed by atoms with E-state index in [1.165, 1.54) is 19.6 Å². The highest BCUT2D eigenvalue weighted by Gasteiger charge is 2.46. The van der Waals surface area contributed by atoms with Crippen molar-refractivity contribution in [2.24, 2.45) is 10.8 Å². The van der Waals surface area contributed by atoms with Gasteiger partial charge in [0, 0.05) is 37.3 Å². The number of nitrogens with one attached hydrogen (secondary N) is 8. The molecule has 0 bridgehead atoms. The maximum absolute atomic E-state index is 14.6. The minimum absolute atomic E-state index is 0.000275. The zero-order valence-corrected chi connectivity index (χ0v) is 52.5. The molecule has 88 heavy (non-hydrogen) atoms. The number of nitrogens with zero attached hydrogens (tertiary/aromatic N) is 4. The van der Waals surface area contributed by atoms with E-state index in [0.717, 1.165) is 47.9 Å². The molecule has 2 fully saturated rings. The van der Waals surface area contributed by atoms with E-state index >= 15 is 0 Å². The summed E-state index contributed by atoms with van der Waals surface area (Å²) in [5.41, 5.74) is 3.29. The first kappa shape index (κ1) is 65.7. The van der Waals surface area contributed by atoms with Gasteiger partial charge in [0.15, 0.2) is 0 Å². The summed E-state index contributed by atoms with van der Waals surface area (Å²) >= 11 is 0. The SMILES string of the molecule is CN[C@@H](C)C(=O)N[C@H](C(=O)N1CCN(C(=O)CNC(=O)c2ccc3cc(C(=O)NCC(=O)N4CCN(C(=O)[C@@H](NC(=O)[C@H](C)NC)C(C)(C)C)[C@H](C(=O)N[C@@H]5CCCc6ccccc65)C4)ccc3c2)C[C@H]1C(=O)N[C@@H]1CCCc2ccccc21)C(C)(C)C. The first-order valence-electron chi connectivity index (χ1n) is 30.8. The van der Waals surface area contributed by atoms with Crippen molar-refractivity contribution in [2.75, 3.05) is 66.5 Å². The highest BCUT2D eigenvalue weighted by atomic mass is 16.2. The van der Waals surface area contributed by atoms with Crippen molar-refractivity contribution in [1.29, 1.82) is 0 Å². The number of aryl methyl sites for hydroxylation is 2. The number of piperazine rings is 2. The van der Waals surface area contributed by atoms with Crippen molar-refractivity contribution < 1.29 is 47.9 Å². The third-order valence-corrected chi connectivity index (χ3v) is 17.6. The van der Waals surface area contributed by atoms with Crippen LogP contribution >= 0.6 is 0 Å². The van der Waals surface area contributed by atoms with Gasteiger partial charge in [-0.15, -0.1) is 0 Å². The van der Waals surface area contributed by atoms with Gasteiger partial charge < -0.3 is 62.1 Å². The van der Waals surface area contributed by atoms with E-state index in [0.29, 0.717) is 23.6 Å². The first-order valence-corrected chi connectivity index (χ1v) is 30.8. The Labute approximate surface area is 515 Å². The molecule has 4 aromatic carbocycles. The van der Waals surface area contributed by atoms with Gasteiger partial charge in [0.05, 0.1) is 50.3 Å². The zero-order chi connectivity index (χ0) is 63.8. The average Bonchev–Trinajstić information content (AvgIpc) is 3.67. The summed E-state index contributed by atoms with van der Waals surface area (Å²) < 4.78 is 0. The molecule has 0 saturated carbocycles. The summed E-state index contributed by atoms with van der Waals surface area (Å²) in [6.45, 7) is 13.4. The van der Waals surface area contributed by atoms with Crippen LogP contribution in [-0.2, 0) is 51.2 Å². The van der Waals surface area contributed by atoms with E-state index in [-0.39, 0.29) is 74.3 Å². The number of hydrogen-bond donors (Lipinski definition) is 8. The molecule has 4 aliphatic rings. The number of hydrogen-bond acceptors (Lipinski definition) is 12. The number of carbonyl (C=O) groups is 10. The summed E-state index contributed by atoms with van der Waals surface area (Å²) in [7, 11) is 3.29. The lowest BCUT2D eigenvalue weighted by molar-refractivity contribution is -0.152. The van der Waals surface area contributed by atoms with Crippen molar-refractivity contribution in [3.05, 3.63) is 118 Å². The Morgan fingerprint density at radius 3 is 1.25 bits per heavy atom. The van der Waals surface area contributed by atoms with E-state index in [1.54, 1.807) is 64.3 Å². The molecule has 22 heteroatoms. The summed E-state index contributed by atoms with van der Waals surface area (Å²) in [6, 6.07) is 19.6. The Morgan fingerprint density at radius 1 is 0.511 bits per heavy atom. The molecule has 0 spiro atoms. The van der Waals surface area contributed by atoms with Crippen molar-refractivity contribution in [2.45, 2.75) is 142 Å². The Balaban J connectivity index is 0.897. The van der Waals surface area contributed by atoms with Gasteiger partial charge in [-0.3, -0.25) is 47.9 Å². The molecular formula is C66H88N12O10. The van der Waals surface area contributed by atoms with E-state index in [1.807, 2.05) is 90.1 Å². The lowest BCUT2D eigenvalue weighted by atomic mass is 9.85. The molecular weight excluding hydrogens is 1120 g/mol. The Kier molecular flexibility index (Phi) is 21.1. The van der Waals surface area contributed by atoms with Crippen LogP contribution in [0.1, 0.15) is 136 Å². The largest absolute Gasteiger partial charge is 0.347 e. The summed E-state index contributed by atoms with van der Waals surface area (Å²) in [6.07, 6.45) is 4.87. The van der Waals surface area contributed by atoms with Crippen LogP contribution in [0.3, 0.4) is 0 Å². The number of carbonyl (C=O) groups excluding carboxylic acids is 10. The lowest BCUT2D eigenvalue weighted by Crippen LogP contribution is -2.66. The van der Waals surface area contributed by atoms with Crippen LogP contribution in [0.15, 0.2) is 84.9 Å². The van der Waals surface area contributed by atoms with Gasteiger partial charge in [-0.25, -0.2) is 0 Å². The van der Waals surface area contributed by atoms with E-state index in [2.05, 4.69) is 42.5 Å². The number of likely N-dealkylation sites (N-methyl/N-ethyl adjacent to an activating group) is 2. The van der Waals surface area contributed by atoms with E-state index in [4.69, 9.17) is 0 Å². The molecule has 8 rings (SSSR count). The molecule has 2 aliphatic carbocycles.